The molecule has 1 rings (SSSR count). The van der Waals surface area contributed by atoms with E-state index in [-0.39, 0.29) is 17.9 Å². The van der Waals surface area contributed by atoms with Crippen molar-refractivity contribution in [3.8, 4) is 0 Å². The molecule has 4 nitrogen and oxygen atoms in total. The molecule has 1 aromatic rings. The van der Waals surface area contributed by atoms with Gasteiger partial charge in [-0.2, -0.15) is 0 Å². The number of carbonyl (C=O) groups excluding carboxylic acids is 1. The Labute approximate surface area is 135 Å². The minimum Gasteiger partial charge on any atom is -0.383 e. The van der Waals surface area contributed by atoms with E-state index in [1.165, 1.54) is 0 Å². The summed E-state index contributed by atoms with van der Waals surface area (Å²) in [5.41, 5.74) is 0.720. The summed E-state index contributed by atoms with van der Waals surface area (Å²) < 4.78 is 11.3. The van der Waals surface area contributed by atoms with Gasteiger partial charge >= 0.3 is 0 Å². The highest BCUT2D eigenvalue weighted by atomic mass is 79.9. The van der Waals surface area contributed by atoms with Gasteiger partial charge in [-0.25, -0.2) is 0 Å². The van der Waals surface area contributed by atoms with Crippen LogP contribution in [0.4, 0.5) is 0 Å². The molecular weight excluding hydrogens is 334 g/mol. The first-order chi connectivity index (χ1) is 10.0. The van der Waals surface area contributed by atoms with E-state index < -0.39 is 0 Å². The predicted molar refractivity (Wildman–Crippen MR) is 87.9 cm³/mol. The number of halogens is 1. The maximum absolute atomic E-state index is 12.6. The Kier molecular flexibility index (Phi) is 8.11. The Hall–Kier alpha value is -0.750. The average molecular weight is 358 g/mol. The predicted octanol–water partition coefficient (Wildman–Crippen LogP) is 3.00. The van der Waals surface area contributed by atoms with Crippen LogP contribution < -0.4 is 0 Å². The molecule has 0 N–H and O–H groups in total. The molecule has 0 aromatic heterocycles. The van der Waals surface area contributed by atoms with Crippen molar-refractivity contribution >= 4 is 21.7 Å². The zero-order valence-electron chi connectivity index (χ0n) is 13.1. The minimum absolute atomic E-state index is 0.113. The summed E-state index contributed by atoms with van der Waals surface area (Å²) in [6.45, 7) is 5.87. The van der Waals surface area contributed by atoms with Gasteiger partial charge in [0.1, 0.15) is 0 Å². The quantitative estimate of drug-likeness (QED) is 0.636. The van der Waals surface area contributed by atoms with E-state index in [0.29, 0.717) is 19.8 Å². The number of nitrogens with zero attached hydrogens (tertiary/aromatic N) is 1. The lowest BCUT2D eigenvalue weighted by molar-refractivity contribution is 0.0454. The first kappa shape index (κ1) is 18.3. The zero-order valence-corrected chi connectivity index (χ0v) is 14.7. The minimum atomic E-state index is -0.216. The second-order valence-electron chi connectivity index (χ2n) is 5.08. The van der Waals surface area contributed by atoms with E-state index in [1.807, 2.05) is 31.2 Å². The van der Waals surface area contributed by atoms with Crippen LogP contribution in [0.15, 0.2) is 28.7 Å². The van der Waals surface area contributed by atoms with Crippen molar-refractivity contribution < 1.29 is 14.3 Å². The standard InChI is InChI=1S/C16H24BrNO3/c1-12(11-21-4)18(9-10-20-3)13(2)16(19)14-5-7-15(17)8-6-14/h5-8,12-13H,9-11H2,1-4H3. The van der Waals surface area contributed by atoms with Crippen molar-refractivity contribution in [1.82, 2.24) is 4.90 Å². The third-order valence-corrected chi connectivity index (χ3v) is 4.06. The van der Waals surface area contributed by atoms with Gasteiger partial charge in [-0.1, -0.05) is 28.1 Å². The molecule has 0 fully saturated rings. The van der Waals surface area contributed by atoms with Crippen LogP contribution in [0.1, 0.15) is 24.2 Å². The van der Waals surface area contributed by atoms with Gasteiger partial charge in [-0.3, -0.25) is 9.69 Å². The van der Waals surface area contributed by atoms with Crippen molar-refractivity contribution in [3.05, 3.63) is 34.3 Å². The summed E-state index contributed by atoms with van der Waals surface area (Å²) in [6.07, 6.45) is 0. The van der Waals surface area contributed by atoms with Crippen molar-refractivity contribution in [2.45, 2.75) is 25.9 Å². The molecule has 0 heterocycles. The van der Waals surface area contributed by atoms with E-state index in [0.717, 1.165) is 10.0 Å². The van der Waals surface area contributed by atoms with Crippen LogP contribution in [0.5, 0.6) is 0 Å². The molecule has 0 saturated carbocycles. The Morgan fingerprint density at radius 3 is 2.33 bits per heavy atom. The van der Waals surface area contributed by atoms with E-state index in [4.69, 9.17) is 9.47 Å². The first-order valence-corrected chi connectivity index (χ1v) is 7.84. The number of carbonyl (C=O) groups is 1. The van der Waals surface area contributed by atoms with Crippen LogP contribution >= 0.6 is 15.9 Å². The van der Waals surface area contributed by atoms with E-state index in [1.54, 1.807) is 14.2 Å². The van der Waals surface area contributed by atoms with Crippen LogP contribution in [0, 0.1) is 0 Å². The molecule has 0 aliphatic carbocycles. The molecule has 2 unspecified atom stereocenters. The van der Waals surface area contributed by atoms with Crippen molar-refractivity contribution in [2.75, 3.05) is 34.0 Å². The molecule has 0 amide bonds. The highest BCUT2D eigenvalue weighted by molar-refractivity contribution is 9.10. The number of methoxy groups -OCH3 is 2. The van der Waals surface area contributed by atoms with E-state index in [2.05, 4.69) is 27.8 Å². The van der Waals surface area contributed by atoms with Crippen LogP contribution in [-0.2, 0) is 9.47 Å². The molecular formula is C16H24BrNO3. The average Bonchev–Trinajstić information content (AvgIpc) is 2.47. The molecule has 5 heteroatoms. The van der Waals surface area contributed by atoms with Crippen LogP contribution in [0.25, 0.3) is 0 Å². The smallest absolute Gasteiger partial charge is 0.179 e. The van der Waals surface area contributed by atoms with Gasteiger partial charge < -0.3 is 9.47 Å². The molecule has 0 aliphatic rings. The molecule has 0 spiro atoms. The number of hydrogen-bond donors (Lipinski definition) is 0. The molecule has 2 atom stereocenters. The zero-order chi connectivity index (χ0) is 15.8. The van der Waals surface area contributed by atoms with Gasteiger partial charge in [0.2, 0.25) is 0 Å². The molecule has 0 saturated heterocycles. The Balaban J connectivity index is 2.84. The highest BCUT2D eigenvalue weighted by Crippen LogP contribution is 2.15. The highest BCUT2D eigenvalue weighted by Gasteiger charge is 2.26. The SMILES string of the molecule is COCCN(C(C)COC)C(C)C(=O)c1ccc(Br)cc1. The molecule has 21 heavy (non-hydrogen) atoms. The molecule has 0 aliphatic heterocycles. The summed E-state index contributed by atoms with van der Waals surface area (Å²) in [5, 5.41) is 0. The number of benzene rings is 1. The molecule has 0 radical (unpaired) electrons. The lowest BCUT2D eigenvalue weighted by atomic mass is 10.0. The monoisotopic (exact) mass is 357 g/mol. The Bertz CT molecular complexity index is 436. The molecule has 1 aromatic carbocycles. The summed E-state index contributed by atoms with van der Waals surface area (Å²) in [4.78, 5) is 14.8. The summed E-state index contributed by atoms with van der Waals surface area (Å²) in [6, 6.07) is 7.40. The van der Waals surface area contributed by atoms with Crippen molar-refractivity contribution in [3.63, 3.8) is 0 Å². The lowest BCUT2D eigenvalue weighted by Gasteiger charge is -2.33. The molecule has 0 bridgehead atoms. The number of rotatable bonds is 9. The third-order valence-electron chi connectivity index (χ3n) is 3.53. The maximum atomic E-state index is 12.6. The van der Waals surface area contributed by atoms with Crippen molar-refractivity contribution in [2.24, 2.45) is 0 Å². The maximum Gasteiger partial charge on any atom is 0.179 e. The second-order valence-corrected chi connectivity index (χ2v) is 6.00. The summed E-state index contributed by atoms with van der Waals surface area (Å²) in [7, 11) is 3.34. The van der Waals surface area contributed by atoms with Crippen LogP contribution in [0.3, 0.4) is 0 Å². The largest absolute Gasteiger partial charge is 0.383 e. The fourth-order valence-corrected chi connectivity index (χ4v) is 2.60. The summed E-state index contributed by atoms with van der Waals surface area (Å²) >= 11 is 3.38. The van der Waals surface area contributed by atoms with Crippen LogP contribution in [-0.4, -0.2) is 56.7 Å². The van der Waals surface area contributed by atoms with Gasteiger partial charge in [-0.05, 0) is 26.0 Å². The van der Waals surface area contributed by atoms with Gasteiger partial charge in [0, 0.05) is 36.8 Å². The first-order valence-electron chi connectivity index (χ1n) is 7.04. The molecule has 118 valence electrons. The number of hydrogen-bond acceptors (Lipinski definition) is 4. The van der Waals surface area contributed by atoms with Gasteiger partial charge in [-0.15, -0.1) is 0 Å². The van der Waals surface area contributed by atoms with Gasteiger partial charge in [0.15, 0.2) is 5.78 Å². The van der Waals surface area contributed by atoms with Crippen LogP contribution in [0.2, 0.25) is 0 Å². The fourth-order valence-electron chi connectivity index (χ4n) is 2.34. The normalized spacial score (nSPS) is 14.2. The Morgan fingerprint density at radius 1 is 1.19 bits per heavy atom. The third kappa shape index (κ3) is 5.51. The summed E-state index contributed by atoms with van der Waals surface area (Å²) in [5.74, 6) is 0.113. The fraction of sp³-hybridized carbons (Fsp3) is 0.562. The number of ketones is 1. The Morgan fingerprint density at radius 2 is 1.81 bits per heavy atom. The number of Topliss-reactive ketones (excluding diaryl/α,β-unsaturated/α-hetero) is 1. The second kappa shape index (κ2) is 9.30. The van der Waals surface area contributed by atoms with E-state index >= 15 is 0 Å². The van der Waals surface area contributed by atoms with Crippen molar-refractivity contribution in [1.29, 1.82) is 0 Å². The van der Waals surface area contributed by atoms with Gasteiger partial charge in [0.05, 0.1) is 19.3 Å². The lowest BCUT2D eigenvalue weighted by Crippen LogP contribution is -2.47. The van der Waals surface area contributed by atoms with E-state index in [9.17, 15) is 4.79 Å². The topological polar surface area (TPSA) is 38.8 Å². The van der Waals surface area contributed by atoms with Gasteiger partial charge in [0.25, 0.3) is 0 Å². The number of ether oxygens (including phenoxy) is 2.